The zero-order chi connectivity index (χ0) is 13.2. The van der Waals surface area contributed by atoms with Gasteiger partial charge in [0.25, 0.3) is 0 Å². The molecule has 0 amide bonds. The Labute approximate surface area is 109 Å². The van der Waals surface area contributed by atoms with Crippen molar-refractivity contribution in [1.29, 1.82) is 0 Å². The summed E-state index contributed by atoms with van der Waals surface area (Å²) in [6.45, 7) is 6.66. The molecule has 1 aliphatic heterocycles. The zero-order valence-corrected chi connectivity index (χ0v) is 11.3. The normalized spacial score (nSPS) is 21.4. The van der Waals surface area contributed by atoms with E-state index < -0.39 is 0 Å². The largest absolute Gasteiger partial charge is 0.489 e. The van der Waals surface area contributed by atoms with Gasteiger partial charge in [0.15, 0.2) is 0 Å². The molecule has 0 fully saturated rings. The van der Waals surface area contributed by atoms with Gasteiger partial charge in [-0.15, -0.1) is 0 Å². The van der Waals surface area contributed by atoms with Crippen LogP contribution < -0.4 is 15.2 Å². The first-order chi connectivity index (χ1) is 8.52. The fourth-order valence-corrected chi connectivity index (χ4v) is 2.22. The summed E-state index contributed by atoms with van der Waals surface area (Å²) in [7, 11) is 0. The summed E-state index contributed by atoms with van der Waals surface area (Å²) in [5, 5.41) is 0. The van der Waals surface area contributed by atoms with Crippen LogP contribution in [0.15, 0.2) is 30.4 Å². The Morgan fingerprint density at radius 3 is 3.00 bits per heavy atom. The highest BCUT2D eigenvalue weighted by Crippen LogP contribution is 2.39. The lowest BCUT2D eigenvalue weighted by Crippen LogP contribution is -2.37. The van der Waals surface area contributed by atoms with Crippen molar-refractivity contribution in [1.82, 2.24) is 0 Å². The van der Waals surface area contributed by atoms with Crippen LogP contribution in [-0.4, -0.2) is 12.2 Å². The minimum atomic E-state index is -0.214. The average Bonchev–Trinajstić information content (AvgIpc) is 2.27. The van der Waals surface area contributed by atoms with Crippen LogP contribution in [0.5, 0.6) is 11.5 Å². The Bertz CT molecular complexity index is 452. The van der Waals surface area contributed by atoms with Crippen molar-refractivity contribution >= 4 is 0 Å². The molecule has 2 rings (SSSR count). The van der Waals surface area contributed by atoms with Gasteiger partial charge in [0.2, 0.25) is 0 Å². The summed E-state index contributed by atoms with van der Waals surface area (Å²) in [5.74, 6) is 1.66. The molecule has 1 aliphatic rings. The van der Waals surface area contributed by atoms with E-state index in [1.54, 1.807) is 0 Å². The quantitative estimate of drug-likeness (QED) is 0.834. The van der Waals surface area contributed by atoms with E-state index in [-0.39, 0.29) is 11.6 Å². The lowest BCUT2D eigenvalue weighted by atomic mass is 9.90. The van der Waals surface area contributed by atoms with E-state index in [2.05, 4.69) is 13.8 Å². The van der Waals surface area contributed by atoms with Crippen LogP contribution in [0.25, 0.3) is 0 Å². The van der Waals surface area contributed by atoms with E-state index in [1.165, 1.54) is 0 Å². The molecule has 2 N–H and O–H groups in total. The molecule has 1 aromatic carbocycles. The molecule has 1 aromatic rings. The smallest absolute Gasteiger partial charge is 0.128 e. The third-order valence-corrected chi connectivity index (χ3v) is 3.06. The van der Waals surface area contributed by atoms with Crippen molar-refractivity contribution in [2.75, 3.05) is 6.61 Å². The van der Waals surface area contributed by atoms with Gasteiger partial charge < -0.3 is 15.2 Å². The first-order valence-electron chi connectivity index (χ1n) is 6.34. The van der Waals surface area contributed by atoms with Gasteiger partial charge in [0.05, 0.1) is 0 Å². The van der Waals surface area contributed by atoms with Gasteiger partial charge >= 0.3 is 0 Å². The van der Waals surface area contributed by atoms with Crippen LogP contribution in [-0.2, 0) is 0 Å². The van der Waals surface area contributed by atoms with Crippen molar-refractivity contribution in [3.63, 3.8) is 0 Å². The van der Waals surface area contributed by atoms with Crippen LogP contribution in [0.2, 0.25) is 0 Å². The Hall–Kier alpha value is -1.48. The van der Waals surface area contributed by atoms with E-state index in [0.29, 0.717) is 6.61 Å². The molecule has 0 radical (unpaired) electrons. The third-order valence-electron chi connectivity index (χ3n) is 3.06. The summed E-state index contributed by atoms with van der Waals surface area (Å²) in [4.78, 5) is 0. The van der Waals surface area contributed by atoms with E-state index in [0.717, 1.165) is 23.5 Å². The second-order valence-corrected chi connectivity index (χ2v) is 5.25. The number of hydrogen-bond donors (Lipinski definition) is 1. The minimum Gasteiger partial charge on any atom is -0.489 e. The maximum absolute atomic E-state index is 6.16. The number of rotatable bonds is 3. The van der Waals surface area contributed by atoms with Crippen molar-refractivity contribution in [3.05, 3.63) is 35.9 Å². The predicted octanol–water partition coefficient (Wildman–Crippen LogP) is 3.20. The number of fused-ring (bicyclic) bond motifs is 1. The van der Waals surface area contributed by atoms with Gasteiger partial charge in [-0.05, 0) is 26.8 Å². The Morgan fingerprint density at radius 1 is 1.50 bits per heavy atom. The molecule has 1 unspecified atom stereocenters. The second kappa shape index (κ2) is 5.02. The highest BCUT2D eigenvalue weighted by Gasteiger charge is 2.31. The standard InChI is InChI=1S/C15H21NO2/c1-4-5-8-17-11-6-7-12-13(16)10-15(2,3)18-14(12)9-11/h4-7,9,13H,8,10,16H2,1-3H3. The summed E-state index contributed by atoms with van der Waals surface area (Å²) in [6.07, 6.45) is 4.77. The van der Waals surface area contributed by atoms with Crippen molar-refractivity contribution in [3.8, 4) is 11.5 Å². The molecule has 1 atom stereocenters. The molecule has 3 heteroatoms. The maximum Gasteiger partial charge on any atom is 0.128 e. The lowest BCUT2D eigenvalue weighted by Gasteiger charge is -2.36. The number of benzene rings is 1. The fourth-order valence-electron chi connectivity index (χ4n) is 2.22. The molecule has 0 aliphatic carbocycles. The first-order valence-corrected chi connectivity index (χ1v) is 6.34. The number of nitrogens with two attached hydrogens (primary N) is 1. The van der Waals surface area contributed by atoms with Gasteiger partial charge in [-0.25, -0.2) is 0 Å². The van der Waals surface area contributed by atoms with E-state index in [9.17, 15) is 0 Å². The second-order valence-electron chi connectivity index (χ2n) is 5.25. The summed E-state index contributed by atoms with van der Waals surface area (Å²) >= 11 is 0. The van der Waals surface area contributed by atoms with Gasteiger partial charge in [0.1, 0.15) is 23.7 Å². The Morgan fingerprint density at radius 2 is 2.28 bits per heavy atom. The minimum absolute atomic E-state index is 0.0355. The van der Waals surface area contributed by atoms with Gasteiger partial charge in [0, 0.05) is 24.1 Å². The summed E-state index contributed by atoms with van der Waals surface area (Å²) in [5.41, 5.74) is 7.01. The topological polar surface area (TPSA) is 44.5 Å². The molecule has 0 spiro atoms. The van der Waals surface area contributed by atoms with Crippen LogP contribution in [0.3, 0.4) is 0 Å². The highest BCUT2D eigenvalue weighted by molar-refractivity contribution is 5.44. The molecule has 1 heterocycles. The molecule has 98 valence electrons. The molecular formula is C15H21NO2. The molecule has 3 nitrogen and oxygen atoms in total. The van der Waals surface area contributed by atoms with Gasteiger partial charge in [-0.3, -0.25) is 0 Å². The average molecular weight is 247 g/mol. The highest BCUT2D eigenvalue weighted by atomic mass is 16.5. The van der Waals surface area contributed by atoms with Crippen LogP contribution in [0, 0.1) is 0 Å². The van der Waals surface area contributed by atoms with Crippen LogP contribution in [0.1, 0.15) is 38.8 Å². The Balaban J connectivity index is 2.20. The number of ether oxygens (including phenoxy) is 2. The molecule has 0 saturated heterocycles. The van der Waals surface area contributed by atoms with E-state index in [4.69, 9.17) is 15.2 Å². The fraction of sp³-hybridized carbons (Fsp3) is 0.467. The van der Waals surface area contributed by atoms with Crippen LogP contribution >= 0.6 is 0 Å². The summed E-state index contributed by atoms with van der Waals surface area (Å²) in [6, 6.07) is 5.91. The lowest BCUT2D eigenvalue weighted by molar-refractivity contribution is 0.0725. The van der Waals surface area contributed by atoms with Crippen molar-refractivity contribution < 1.29 is 9.47 Å². The summed E-state index contributed by atoms with van der Waals surface area (Å²) < 4.78 is 11.6. The maximum atomic E-state index is 6.16. The molecular weight excluding hydrogens is 226 g/mol. The molecule has 0 aromatic heterocycles. The van der Waals surface area contributed by atoms with Gasteiger partial charge in [-0.2, -0.15) is 0 Å². The molecule has 0 bridgehead atoms. The van der Waals surface area contributed by atoms with Crippen molar-refractivity contribution in [2.24, 2.45) is 5.73 Å². The van der Waals surface area contributed by atoms with E-state index in [1.807, 2.05) is 37.3 Å². The number of hydrogen-bond acceptors (Lipinski definition) is 3. The Kier molecular flexibility index (Phi) is 3.62. The predicted molar refractivity (Wildman–Crippen MR) is 73.0 cm³/mol. The SMILES string of the molecule is CC=CCOc1ccc2c(c1)OC(C)(C)CC2N. The molecule has 18 heavy (non-hydrogen) atoms. The van der Waals surface area contributed by atoms with Crippen LogP contribution in [0.4, 0.5) is 0 Å². The zero-order valence-electron chi connectivity index (χ0n) is 11.3. The van der Waals surface area contributed by atoms with E-state index >= 15 is 0 Å². The third kappa shape index (κ3) is 2.85. The first kappa shape index (κ1) is 13.0. The molecule has 0 saturated carbocycles. The monoisotopic (exact) mass is 247 g/mol. The van der Waals surface area contributed by atoms with Crippen molar-refractivity contribution in [2.45, 2.75) is 38.8 Å². The number of allylic oxidation sites excluding steroid dienone is 1. The van der Waals surface area contributed by atoms with Gasteiger partial charge in [-0.1, -0.05) is 18.2 Å².